The lowest BCUT2D eigenvalue weighted by molar-refractivity contribution is -0.138. The van der Waals surface area contributed by atoms with Gasteiger partial charge in [-0.25, -0.2) is 4.98 Å². The molecule has 29 heavy (non-hydrogen) atoms. The number of pyridine rings is 1. The summed E-state index contributed by atoms with van der Waals surface area (Å²) in [4.78, 5) is 17.8. The fourth-order valence-electron chi connectivity index (χ4n) is 5.99. The second kappa shape index (κ2) is 7.01. The van der Waals surface area contributed by atoms with Gasteiger partial charge in [-0.05, 0) is 86.8 Å². The molecule has 4 fully saturated rings. The molecule has 0 spiro atoms. The fourth-order valence-corrected chi connectivity index (χ4v) is 7.45. The van der Waals surface area contributed by atoms with Crippen molar-refractivity contribution in [2.45, 2.75) is 42.8 Å². The molecule has 6 heteroatoms. The molecule has 4 saturated carbocycles. The van der Waals surface area contributed by atoms with Gasteiger partial charge in [0.15, 0.2) is 0 Å². The van der Waals surface area contributed by atoms with Crippen LogP contribution in [0, 0.1) is 17.3 Å². The molecule has 0 radical (unpaired) electrons. The highest BCUT2D eigenvalue weighted by atomic mass is 79.9. The van der Waals surface area contributed by atoms with E-state index in [-0.39, 0.29) is 15.6 Å². The molecule has 0 aliphatic heterocycles. The monoisotopic (exact) mass is 456 g/mol. The number of amides is 1. The predicted octanol–water partition coefficient (Wildman–Crippen LogP) is 5.55. The van der Waals surface area contributed by atoms with Gasteiger partial charge in [-0.2, -0.15) is 0 Å². The van der Waals surface area contributed by atoms with Crippen molar-refractivity contribution in [3.05, 3.63) is 42.6 Å². The Balaban J connectivity index is 1.36. The van der Waals surface area contributed by atoms with E-state index in [1.165, 1.54) is 19.3 Å². The first kappa shape index (κ1) is 18.9. The van der Waals surface area contributed by atoms with E-state index in [1.54, 1.807) is 13.3 Å². The lowest BCUT2D eigenvalue weighted by atomic mass is 9.49. The number of methoxy groups -OCH3 is 1. The van der Waals surface area contributed by atoms with E-state index in [4.69, 9.17) is 9.47 Å². The lowest BCUT2D eigenvalue weighted by Crippen LogP contribution is -2.57. The molecule has 1 amide bonds. The smallest absolute Gasteiger partial charge is 0.243 e. The number of benzene rings is 1. The summed E-state index contributed by atoms with van der Waals surface area (Å²) >= 11 is 3.99. The first-order valence-electron chi connectivity index (χ1n) is 10.2. The maximum absolute atomic E-state index is 13.5. The van der Waals surface area contributed by atoms with Gasteiger partial charge in [-0.15, -0.1) is 0 Å². The van der Waals surface area contributed by atoms with Crippen molar-refractivity contribution in [2.75, 3.05) is 12.4 Å². The number of ether oxygens (including phenoxy) is 2. The minimum Gasteiger partial charge on any atom is -0.497 e. The number of carbonyl (C=O) groups is 1. The van der Waals surface area contributed by atoms with Gasteiger partial charge in [0.2, 0.25) is 11.8 Å². The molecule has 5 nitrogen and oxygen atoms in total. The van der Waals surface area contributed by atoms with Gasteiger partial charge in [-0.3, -0.25) is 4.79 Å². The van der Waals surface area contributed by atoms with Crippen molar-refractivity contribution in [2.24, 2.45) is 17.3 Å². The molecule has 6 rings (SSSR count). The Morgan fingerprint density at radius 1 is 1.10 bits per heavy atom. The van der Waals surface area contributed by atoms with Crippen LogP contribution in [0.15, 0.2) is 42.6 Å². The quantitative estimate of drug-likeness (QED) is 0.598. The molecule has 1 heterocycles. The zero-order valence-corrected chi connectivity index (χ0v) is 18.1. The lowest BCUT2D eigenvalue weighted by Gasteiger charge is -2.59. The normalized spacial score (nSPS) is 32.1. The summed E-state index contributed by atoms with van der Waals surface area (Å²) in [5.74, 6) is 3.24. The van der Waals surface area contributed by atoms with Crippen molar-refractivity contribution in [3.8, 4) is 17.4 Å². The number of nitrogens with zero attached hydrogens (tertiary/aromatic N) is 1. The highest BCUT2D eigenvalue weighted by Crippen LogP contribution is 2.64. The van der Waals surface area contributed by atoms with Gasteiger partial charge >= 0.3 is 0 Å². The highest BCUT2D eigenvalue weighted by Gasteiger charge is 2.59. The molecule has 1 N–H and O–H groups in total. The van der Waals surface area contributed by atoms with Crippen LogP contribution >= 0.6 is 15.9 Å². The predicted molar refractivity (Wildman–Crippen MR) is 115 cm³/mol. The number of hydrogen-bond donors (Lipinski definition) is 1. The summed E-state index contributed by atoms with van der Waals surface area (Å²) in [5, 5.41) is 3.16. The van der Waals surface area contributed by atoms with Crippen LogP contribution in [-0.4, -0.2) is 22.3 Å². The number of alkyl halides is 1. The average molecular weight is 457 g/mol. The zero-order chi connectivity index (χ0) is 20.1. The molecule has 1 aromatic heterocycles. The summed E-state index contributed by atoms with van der Waals surface area (Å²) in [6.45, 7) is 0. The average Bonchev–Trinajstić information content (AvgIpc) is 2.68. The first-order chi connectivity index (χ1) is 14.0. The molecule has 4 bridgehead atoms. The zero-order valence-electron chi connectivity index (χ0n) is 16.5. The molecular formula is C23H25BrN2O3. The Morgan fingerprint density at radius 3 is 2.45 bits per heavy atom. The third-order valence-corrected chi connectivity index (χ3v) is 7.69. The first-order valence-corrected chi connectivity index (χ1v) is 11.0. The third-order valence-electron chi connectivity index (χ3n) is 6.76. The number of nitrogens with one attached hydrogen (secondary N) is 1. The molecule has 0 saturated heterocycles. The van der Waals surface area contributed by atoms with Gasteiger partial charge in [-0.1, -0.05) is 15.9 Å². The minimum atomic E-state index is -0.277. The van der Waals surface area contributed by atoms with Crippen molar-refractivity contribution in [1.29, 1.82) is 0 Å². The topological polar surface area (TPSA) is 60.5 Å². The Morgan fingerprint density at radius 2 is 1.79 bits per heavy atom. The number of carbonyl (C=O) groups excluding carboxylic acids is 1. The van der Waals surface area contributed by atoms with Crippen LogP contribution in [0.5, 0.6) is 17.4 Å². The number of halogens is 1. The van der Waals surface area contributed by atoms with Crippen LogP contribution in [0.3, 0.4) is 0 Å². The number of rotatable bonds is 5. The van der Waals surface area contributed by atoms with Crippen molar-refractivity contribution in [3.63, 3.8) is 0 Å². The standard InChI is InChI=1S/C23H25BrN2O3/c1-28-17-4-6-18(7-5-17)29-20-19(3-2-8-25-20)26-21(27)22-10-15-9-16(11-22)13-23(24,12-15)14-22/h2-8,15-16H,9-14H2,1H3,(H,26,27). The van der Waals surface area contributed by atoms with Gasteiger partial charge in [0.25, 0.3) is 0 Å². The number of aromatic nitrogens is 1. The van der Waals surface area contributed by atoms with Gasteiger partial charge < -0.3 is 14.8 Å². The van der Waals surface area contributed by atoms with Gasteiger partial charge in [0, 0.05) is 10.5 Å². The summed E-state index contributed by atoms with van der Waals surface area (Å²) in [7, 11) is 1.63. The maximum atomic E-state index is 13.5. The van der Waals surface area contributed by atoms with Crippen LogP contribution in [-0.2, 0) is 4.79 Å². The van der Waals surface area contributed by atoms with Crippen molar-refractivity contribution in [1.82, 2.24) is 4.98 Å². The van der Waals surface area contributed by atoms with Gasteiger partial charge in [0.05, 0.1) is 12.5 Å². The number of anilines is 1. The van der Waals surface area contributed by atoms with Gasteiger partial charge in [0.1, 0.15) is 17.2 Å². The summed E-state index contributed by atoms with van der Waals surface area (Å²) in [6.07, 6.45) is 8.28. The van der Waals surface area contributed by atoms with E-state index in [0.717, 1.165) is 25.0 Å². The van der Waals surface area contributed by atoms with E-state index in [2.05, 4.69) is 26.2 Å². The van der Waals surface area contributed by atoms with Crippen LogP contribution in [0.25, 0.3) is 0 Å². The van der Waals surface area contributed by atoms with Crippen LogP contribution in [0.4, 0.5) is 5.69 Å². The van der Waals surface area contributed by atoms with Crippen LogP contribution in [0.1, 0.15) is 38.5 Å². The largest absolute Gasteiger partial charge is 0.497 e. The molecule has 1 aromatic carbocycles. The highest BCUT2D eigenvalue weighted by molar-refractivity contribution is 9.10. The Bertz CT molecular complexity index is 916. The van der Waals surface area contributed by atoms with Crippen LogP contribution in [0.2, 0.25) is 0 Å². The fraction of sp³-hybridized carbons (Fsp3) is 0.478. The number of hydrogen-bond acceptors (Lipinski definition) is 4. The Hall–Kier alpha value is -2.08. The summed E-state index contributed by atoms with van der Waals surface area (Å²) < 4.78 is 11.3. The van der Waals surface area contributed by atoms with E-state index >= 15 is 0 Å². The van der Waals surface area contributed by atoms with Crippen molar-refractivity contribution < 1.29 is 14.3 Å². The third kappa shape index (κ3) is 3.52. The molecular weight excluding hydrogens is 432 g/mol. The molecule has 152 valence electrons. The van der Waals surface area contributed by atoms with Crippen molar-refractivity contribution >= 4 is 27.5 Å². The van der Waals surface area contributed by atoms with E-state index < -0.39 is 0 Å². The maximum Gasteiger partial charge on any atom is 0.243 e. The second-order valence-corrected chi connectivity index (χ2v) is 10.7. The van der Waals surface area contributed by atoms with E-state index in [0.29, 0.717) is 29.2 Å². The Kier molecular flexibility index (Phi) is 4.57. The SMILES string of the molecule is COc1ccc(Oc2ncccc2NC(=O)C23CC4CC(CC(Br)(C4)C2)C3)cc1. The summed E-state index contributed by atoms with van der Waals surface area (Å²) in [5.41, 5.74) is 0.341. The minimum absolute atomic E-state index is 0.114. The Labute approximate surface area is 179 Å². The molecule has 2 unspecified atom stereocenters. The second-order valence-electron chi connectivity index (χ2n) is 8.98. The van der Waals surface area contributed by atoms with Crippen LogP contribution < -0.4 is 14.8 Å². The molecule has 4 aliphatic rings. The van der Waals surface area contributed by atoms with E-state index in [1.807, 2.05) is 36.4 Å². The molecule has 2 aromatic rings. The molecule has 2 atom stereocenters. The van der Waals surface area contributed by atoms with E-state index in [9.17, 15) is 4.79 Å². The molecule has 4 aliphatic carbocycles. The summed E-state index contributed by atoms with van der Waals surface area (Å²) in [6, 6.07) is 11.0.